The maximum absolute atomic E-state index is 12.9. The van der Waals surface area contributed by atoms with Gasteiger partial charge in [-0.05, 0) is 48.5 Å². The molecule has 10 nitrogen and oxygen atoms in total. The van der Waals surface area contributed by atoms with Crippen molar-refractivity contribution in [3.63, 3.8) is 0 Å². The zero-order chi connectivity index (χ0) is 23.0. The van der Waals surface area contributed by atoms with Crippen molar-refractivity contribution in [2.75, 3.05) is 10.2 Å². The Balaban J connectivity index is 1.60. The predicted octanol–water partition coefficient (Wildman–Crippen LogP) is 3.35. The molecule has 0 atom stereocenters. The lowest BCUT2D eigenvalue weighted by Gasteiger charge is -2.13. The van der Waals surface area contributed by atoms with E-state index in [2.05, 4.69) is 5.32 Å². The van der Waals surface area contributed by atoms with Crippen LogP contribution in [-0.2, 0) is 0 Å². The summed E-state index contributed by atoms with van der Waals surface area (Å²) in [7, 11) is 0. The molecule has 158 valence electrons. The fourth-order valence-electron chi connectivity index (χ4n) is 3.27. The fourth-order valence-corrected chi connectivity index (χ4v) is 3.27. The Bertz CT molecular complexity index is 1320. The standard InChI is InChI=1S/C22H13N3O7/c26-19(23-14-3-1-2-13(10-14)22(29)30)12-4-9-17-18(11-12)21(28)24(20(17)27)15-5-7-16(8-6-15)25(31)32/h1-11H,(H,23,26)(H,29,30). The molecule has 2 N–H and O–H groups in total. The quantitative estimate of drug-likeness (QED) is 0.358. The number of nitro benzene ring substituents is 1. The van der Waals surface area contributed by atoms with E-state index in [4.69, 9.17) is 5.11 Å². The van der Waals surface area contributed by atoms with E-state index in [1.165, 1.54) is 66.7 Å². The zero-order valence-electron chi connectivity index (χ0n) is 16.1. The number of carboxylic acid groups (broad SMARTS) is 1. The largest absolute Gasteiger partial charge is 0.478 e. The molecular formula is C22H13N3O7. The summed E-state index contributed by atoms with van der Waals surface area (Å²) in [6.07, 6.45) is 0. The summed E-state index contributed by atoms with van der Waals surface area (Å²) < 4.78 is 0. The minimum atomic E-state index is -1.14. The average Bonchev–Trinajstić information content (AvgIpc) is 3.03. The Morgan fingerprint density at radius 2 is 1.56 bits per heavy atom. The smallest absolute Gasteiger partial charge is 0.335 e. The van der Waals surface area contributed by atoms with Crippen molar-refractivity contribution in [1.29, 1.82) is 0 Å². The van der Waals surface area contributed by atoms with E-state index >= 15 is 0 Å². The third-order valence-corrected chi connectivity index (χ3v) is 4.83. The first-order valence-electron chi connectivity index (χ1n) is 9.18. The topological polar surface area (TPSA) is 147 Å². The van der Waals surface area contributed by atoms with Gasteiger partial charge < -0.3 is 10.4 Å². The molecule has 0 saturated carbocycles. The van der Waals surface area contributed by atoms with Crippen molar-refractivity contribution >= 4 is 40.8 Å². The molecule has 1 aliphatic heterocycles. The van der Waals surface area contributed by atoms with Gasteiger partial charge in [-0.3, -0.25) is 24.5 Å². The van der Waals surface area contributed by atoms with Gasteiger partial charge in [0.05, 0.1) is 27.3 Å². The monoisotopic (exact) mass is 431 g/mol. The summed E-state index contributed by atoms with van der Waals surface area (Å²) in [4.78, 5) is 60.4. The van der Waals surface area contributed by atoms with E-state index in [9.17, 15) is 29.3 Å². The van der Waals surface area contributed by atoms with Gasteiger partial charge in [-0.25, -0.2) is 9.69 Å². The molecule has 3 amide bonds. The number of nitrogens with one attached hydrogen (secondary N) is 1. The molecule has 4 rings (SSSR count). The van der Waals surface area contributed by atoms with Crippen molar-refractivity contribution in [2.24, 2.45) is 0 Å². The number of rotatable bonds is 5. The van der Waals surface area contributed by atoms with E-state index < -0.39 is 28.6 Å². The van der Waals surface area contributed by atoms with Crippen LogP contribution in [0.3, 0.4) is 0 Å². The van der Waals surface area contributed by atoms with Gasteiger partial charge in [0.1, 0.15) is 0 Å². The molecule has 0 unspecified atom stereocenters. The van der Waals surface area contributed by atoms with Crippen molar-refractivity contribution in [3.05, 3.63) is 99.1 Å². The van der Waals surface area contributed by atoms with Crippen LogP contribution in [0, 0.1) is 10.1 Å². The minimum absolute atomic E-state index is 0.00346. The van der Waals surface area contributed by atoms with Crippen LogP contribution >= 0.6 is 0 Å². The second-order valence-corrected chi connectivity index (χ2v) is 6.82. The SMILES string of the molecule is O=C(O)c1cccc(NC(=O)c2ccc3c(c2)C(=O)N(c2ccc([N+](=O)[O-])cc2)C3=O)c1. The van der Waals surface area contributed by atoms with Crippen LogP contribution in [0.2, 0.25) is 0 Å². The maximum atomic E-state index is 12.9. The van der Waals surface area contributed by atoms with Crippen LogP contribution in [0.15, 0.2) is 66.7 Å². The van der Waals surface area contributed by atoms with Crippen molar-refractivity contribution in [1.82, 2.24) is 0 Å². The number of non-ortho nitro benzene ring substituents is 1. The minimum Gasteiger partial charge on any atom is -0.478 e. The third kappa shape index (κ3) is 3.56. The molecule has 0 aliphatic carbocycles. The number of carbonyl (C=O) groups excluding carboxylic acids is 3. The summed E-state index contributed by atoms with van der Waals surface area (Å²) in [5.74, 6) is -3.01. The summed E-state index contributed by atoms with van der Waals surface area (Å²) in [6.45, 7) is 0. The molecule has 0 aromatic heterocycles. The molecule has 3 aromatic rings. The van der Waals surface area contributed by atoms with Crippen molar-refractivity contribution in [3.8, 4) is 0 Å². The summed E-state index contributed by atoms with van der Waals surface area (Å²) in [5, 5.41) is 22.4. The number of imide groups is 1. The molecule has 1 aliphatic rings. The number of nitro groups is 1. The molecule has 1 heterocycles. The Kier molecular flexibility index (Phi) is 4.95. The van der Waals surface area contributed by atoms with Crippen LogP contribution in [0.5, 0.6) is 0 Å². The van der Waals surface area contributed by atoms with Crippen LogP contribution in [0.4, 0.5) is 17.1 Å². The van der Waals surface area contributed by atoms with Gasteiger partial charge in [0.2, 0.25) is 0 Å². The summed E-state index contributed by atoms with van der Waals surface area (Å²) >= 11 is 0. The van der Waals surface area contributed by atoms with Gasteiger partial charge in [-0.15, -0.1) is 0 Å². The van der Waals surface area contributed by atoms with E-state index in [1.54, 1.807) is 0 Å². The molecule has 0 bridgehead atoms. The Labute approximate surface area is 179 Å². The second kappa shape index (κ2) is 7.76. The van der Waals surface area contributed by atoms with Crippen LogP contribution in [0.25, 0.3) is 0 Å². The first-order valence-corrected chi connectivity index (χ1v) is 9.18. The first-order chi connectivity index (χ1) is 15.3. The summed E-state index contributed by atoms with van der Waals surface area (Å²) in [5.41, 5.74) is 0.436. The second-order valence-electron chi connectivity index (χ2n) is 6.82. The maximum Gasteiger partial charge on any atom is 0.335 e. The number of anilines is 2. The van der Waals surface area contributed by atoms with E-state index in [-0.39, 0.29) is 39.3 Å². The molecule has 0 fully saturated rings. The fraction of sp³-hybridized carbons (Fsp3) is 0. The van der Waals surface area contributed by atoms with Crippen molar-refractivity contribution < 1.29 is 29.2 Å². The molecule has 0 spiro atoms. The highest BCUT2D eigenvalue weighted by Crippen LogP contribution is 2.30. The van der Waals surface area contributed by atoms with E-state index in [1.807, 2.05) is 0 Å². The van der Waals surface area contributed by atoms with Gasteiger partial charge in [-0.1, -0.05) is 6.07 Å². The van der Waals surface area contributed by atoms with Gasteiger partial charge >= 0.3 is 5.97 Å². The lowest BCUT2D eigenvalue weighted by molar-refractivity contribution is -0.384. The lowest BCUT2D eigenvalue weighted by atomic mass is 10.1. The van der Waals surface area contributed by atoms with Gasteiger partial charge in [0.15, 0.2) is 0 Å². The normalized spacial score (nSPS) is 12.4. The number of nitrogens with zero attached hydrogens (tertiary/aromatic N) is 2. The Morgan fingerprint density at radius 1 is 0.875 bits per heavy atom. The number of amides is 3. The summed E-state index contributed by atoms with van der Waals surface area (Å²) in [6, 6.07) is 14.6. The zero-order valence-corrected chi connectivity index (χ0v) is 16.1. The molecule has 10 heteroatoms. The number of carboxylic acids is 1. The molecule has 0 saturated heterocycles. The van der Waals surface area contributed by atoms with Crippen LogP contribution in [0.1, 0.15) is 41.4 Å². The molecule has 32 heavy (non-hydrogen) atoms. The number of benzene rings is 3. The predicted molar refractivity (Wildman–Crippen MR) is 112 cm³/mol. The van der Waals surface area contributed by atoms with Crippen LogP contribution < -0.4 is 10.2 Å². The van der Waals surface area contributed by atoms with Gasteiger partial charge in [-0.2, -0.15) is 0 Å². The Hall–Kier alpha value is -4.86. The number of fused-ring (bicyclic) bond motifs is 1. The van der Waals surface area contributed by atoms with Gasteiger partial charge in [0, 0.05) is 23.4 Å². The lowest BCUT2D eigenvalue weighted by Crippen LogP contribution is -2.29. The van der Waals surface area contributed by atoms with Crippen molar-refractivity contribution in [2.45, 2.75) is 0 Å². The molecule has 0 radical (unpaired) electrons. The number of hydrogen-bond donors (Lipinski definition) is 2. The Morgan fingerprint density at radius 3 is 2.22 bits per heavy atom. The highest BCUT2D eigenvalue weighted by atomic mass is 16.6. The number of aromatic carboxylic acids is 1. The highest BCUT2D eigenvalue weighted by Gasteiger charge is 2.37. The first kappa shape index (κ1) is 20.4. The van der Waals surface area contributed by atoms with Crippen LogP contribution in [-0.4, -0.2) is 33.7 Å². The molecule has 3 aromatic carbocycles. The van der Waals surface area contributed by atoms with E-state index in [0.29, 0.717) is 0 Å². The third-order valence-electron chi connectivity index (χ3n) is 4.83. The van der Waals surface area contributed by atoms with E-state index in [0.717, 1.165) is 4.90 Å². The number of hydrogen-bond acceptors (Lipinski definition) is 6. The number of carbonyl (C=O) groups is 4. The molecular weight excluding hydrogens is 418 g/mol. The average molecular weight is 431 g/mol. The highest BCUT2D eigenvalue weighted by molar-refractivity contribution is 6.34. The van der Waals surface area contributed by atoms with Gasteiger partial charge in [0.25, 0.3) is 23.4 Å².